The van der Waals surface area contributed by atoms with Gasteiger partial charge in [-0.2, -0.15) is 5.10 Å². The topological polar surface area (TPSA) is 53.1 Å². The first kappa shape index (κ1) is 13.3. The minimum Gasteiger partial charge on any atom is -0.437 e. The smallest absolute Gasteiger partial charge is 0.241 e. The van der Waals surface area contributed by atoms with Gasteiger partial charge in [-0.05, 0) is 32.9 Å². The van der Waals surface area contributed by atoms with E-state index in [4.69, 9.17) is 10.5 Å². The summed E-state index contributed by atoms with van der Waals surface area (Å²) in [5.41, 5.74) is 6.90. The molecule has 0 saturated carbocycles. The fourth-order valence-electron chi connectivity index (χ4n) is 1.64. The monoisotopic (exact) mass is 267 g/mol. The van der Waals surface area contributed by atoms with Crippen LogP contribution in [-0.4, -0.2) is 9.78 Å². The van der Waals surface area contributed by atoms with Crippen molar-refractivity contribution < 1.29 is 13.5 Å². The van der Waals surface area contributed by atoms with Crippen LogP contribution in [0.3, 0.4) is 0 Å². The third-order valence-corrected chi connectivity index (χ3v) is 2.68. The first-order valence-corrected chi connectivity index (χ1v) is 5.87. The van der Waals surface area contributed by atoms with Crippen LogP contribution in [0.2, 0.25) is 0 Å². The number of anilines is 1. The molecule has 0 unspecified atom stereocenters. The number of hydrogen-bond donors (Lipinski definition) is 1. The fourth-order valence-corrected chi connectivity index (χ4v) is 1.64. The van der Waals surface area contributed by atoms with Crippen molar-refractivity contribution >= 4 is 5.69 Å². The van der Waals surface area contributed by atoms with Gasteiger partial charge in [0, 0.05) is 6.07 Å². The van der Waals surface area contributed by atoms with E-state index in [0.717, 1.165) is 12.1 Å². The minimum absolute atomic E-state index is 0.0382. The molecule has 0 aliphatic heterocycles. The molecule has 0 saturated heterocycles. The summed E-state index contributed by atoms with van der Waals surface area (Å²) in [6.45, 7) is 5.60. The summed E-state index contributed by atoms with van der Waals surface area (Å²) in [5.74, 6) is -1.39. The molecule has 1 aromatic heterocycles. The summed E-state index contributed by atoms with van der Waals surface area (Å²) < 4.78 is 33.1. The van der Waals surface area contributed by atoms with Crippen LogP contribution in [0.25, 0.3) is 0 Å². The number of benzene rings is 1. The van der Waals surface area contributed by atoms with E-state index in [-0.39, 0.29) is 11.8 Å². The second-order valence-corrected chi connectivity index (χ2v) is 4.52. The van der Waals surface area contributed by atoms with Gasteiger partial charge < -0.3 is 10.5 Å². The molecule has 6 heteroatoms. The first-order valence-electron chi connectivity index (χ1n) is 5.87. The van der Waals surface area contributed by atoms with Gasteiger partial charge in [-0.3, -0.25) is 0 Å². The van der Waals surface area contributed by atoms with E-state index in [1.165, 1.54) is 6.07 Å². The largest absolute Gasteiger partial charge is 0.437 e. The molecule has 0 bridgehead atoms. The summed E-state index contributed by atoms with van der Waals surface area (Å²) in [6.07, 6.45) is 0. The Morgan fingerprint density at radius 3 is 2.53 bits per heavy atom. The molecule has 0 amide bonds. The van der Waals surface area contributed by atoms with Crippen LogP contribution in [-0.2, 0) is 0 Å². The predicted octanol–water partition coefficient (Wildman–Crippen LogP) is 3.43. The zero-order valence-electron chi connectivity index (χ0n) is 10.9. The van der Waals surface area contributed by atoms with Crippen LogP contribution in [0.1, 0.15) is 25.6 Å². The zero-order valence-corrected chi connectivity index (χ0v) is 10.9. The van der Waals surface area contributed by atoms with Crippen LogP contribution in [0.5, 0.6) is 11.6 Å². The van der Waals surface area contributed by atoms with Crippen molar-refractivity contribution in [2.45, 2.75) is 26.8 Å². The summed E-state index contributed by atoms with van der Waals surface area (Å²) in [7, 11) is 0. The van der Waals surface area contributed by atoms with Crippen molar-refractivity contribution in [2.75, 3.05) is 5.73 Å². The van der Waals surface area contributed by atoms with Gasteiger partial charge >= 0.3 is 0 Å². The Balaban J connectivity index is 2.40. The van der Waals surface area contributed by atoms with Gasteiger partial charge in [0.05, 0.1) is 11.7 Å². The van der Waals surface area contributed by atoms with Crippen LogP contribution >= 0.6 is 0 Å². The molecule has 19 heavy (non-hydrogen) atoms. The van der Waals surface area contributed by atoms with Crippen molar-refractivity contribution in [1.82, 2.24) is 9.78 Å². The number of rotatable bonds is 3. The average Bonchev–Trinajstić information content (AvgIpc) is 2.62. The molecule has 0 spiro atoms. The quantitative estimate of drug-likeness (QED) is 0.927. The van der Waals surface area contributed by atoms with Gasteiger partial charge in [0.2, 0.25) is 5.88 Å². The van der Waals surface area contributed by atoms with Crippen LogP contribution in [0, 0.1) is 18.6 Å². The molecule has 0 radical (unpaired) electrons. The lowest BCUT2D eigenvalue weighted by atomic mass is 10.3. The molecule has 0 atom stereocenters. The molecular formula is C13H15F2N3O. The zero-order chi connectivity index (χ0) is 14.2. The van der Waals surface area contributed by atoms with Crippen LogP contribution < -0.4 is 10.5 Å². The number of hydrogen-bond acceptors (Lipinski definition) is 3. The number of halogens is 2. The molecule has 2 rings (SSSR count). The van der Waals surface area contributed by atoms with Crippen molar-refractivity contribution in [2.24, 2.45) is 0 Å². The van der Waals surface area contributed by atoms with Gasteiger partial charge in [0.1, 0.15) is 11.4 Å². The molecule has 0 fully saturated rings. The highest BCUT2D eigenvalue weighted by Gasteiger charge is 2.17. The summed E-state index contributed by atoms with van der Waals surface area (Å²) >= 11 is 0. The van der Waals surface area contributed by atoms with E-state index < -0.39 is 11.6 Å². The Bertz CT molecular complexity index is 608. The summed E-state index contributed by atoms with van der Waals surface area (Å²) in [4.78, 5) is 0. The van der Waals surface area contributed by atoms with Gasteiger partial charge in [0.15, 0.2) is 11.6 Å². The minimum atomic E-state index is -0.969. The number of aromatic nitrogens is 2. The second-order valence-electron chi connectivity index (χ2n) is 4.52. The Labute approximate surface area is 109 Å². The van der Waals surface area contributed by atoms with Crippen LogP contribution in [0.15, 0.2) is 18.2 Å². The van der Waals surface area contributed by atoms with Gasteiger partial charge in [-0.25, -0.2) is 13.5 Å². The lowest BCUT2D eigenvalue weighted by Gasteiger charge is -2.12. The highest BCUT2D eigenvalue weighted by molar-refractivity contribution is 5.54. The Kier molecular flexibility index (Phi) is 3.42. The average molecular weight is 267 g/mol. The summed E-state index contributed by atoms with van der Waals surface area (Å²) in [5, 5.41) is 4.24. The number of nitrogen functional groups attached to an aromatic ring is 1. The van der Waals surface area contributed by atoms with Gasteiger partial charge in [-0.1, -0.05) is 0 Å². The van der Waals surface area contributed by atoms with E-state index in [2.05, 4.69) is 5.10 Å². The predicted molar refractivity (Wildman–Crippen MR) is 68.2 cm³/mol. The third-order valence-electron chi connectivity index (χ3n) is 2.68. The normalized spacial score (nSPS) is 11.1. The third kappa shape index (κ3) is 2.52. The molecule has 102 valence electrons. The number of nitrogens with zero attached hydrogens (tertiary/aromatic N) is 2. The summed E-state index contributed by atoms with van der Waals surface area (Å²) in [6, 6.07) is 3.35. The van der Waals surface area contributed by atoms with Gasteiger partial charge in [-0.15, -0.1) is 0 Å². The first-order chi connectivity index (χ1) is 8.90. The molecule has 0 aliphatic rings. The maximum atomic E-state index is 13.1. The molecule has 1 aromatic carbocycles. The standard InChI is InChI=1S/C13H15F2N3O/c1-7(2)18-13(12(16)8(3)17-18)19-9-4-5-10(14)11(15)6-9/h4-7H,16H2,1-3H3. The highest BCUT2D eigenvalue weighted by atomic mass is 19.2. The van der Waals surface area contributed by atoms with Crippen molar-refractivity contribution in [3.05, 3.63) is 35.5 Å². The van der Waals surface area contributed by atoms with E-state index in [1.807, 2.05) is 13.8 Å². The van der Waals surface area contributed by atoms with E-state index in [9.17, 15) is 8.78 Å². The maximum absolute atomic E-state index is 13.1. The second kappa shape index (κ2) is 4.87. The molecule has 0 aliphatic carbocycles. The van der Waals surface area contributed by atoms with Crippen molar-refractivity contribution in [3.63, 3.8) is 0 Å². The maximum Gasteiger partial charge on any atom is 0.241 e. The molecular weight excluding hydrogens is 252 g/mol. The Morgan fingerprint density at radius 2 is 1.95 bits per heavy atom. The Morgan fingerprint density at radius 1 is 1.26 bits per heavy atom. The molecule has 1 heterocycles. The van der Waals surface area contributed by atoms with E-state index >= 15 is 0 Å². The number of nitrogens with two attached hydrogens (primary N) is 1. The van der Waals surface area contributed by atoms with E-state index in [1.54, 1.807) is 11.6 Å². The van der Waals surface area contributed by atoms with E-state index in [0.29, 0.717) is 17.3 Å². The van der Waals surface area contributed by atoms with Crippen molar-refractivity contribution in [1.29, 1.82) is 0 Å². The lowest BCUT2D eigenvalue weighted by Crippen LogP contribution is -2.05. The van der Waals surface area contributed by atoms with Crippen molar-refractivity contribution in [3.8, 4) is 11.6 Å². The lowest BCUT2D eigenvalue weighted by molar-refractivity contribution is 0.385. The Hall–Kier alpha value is -2.11. The molecule has 2 N–H and O–H groups in total. The number of ether oxygens (including phenoxy) is 1. The number of aryl methyl sites for hydroxylation is 1. The highest BCUT2D eigenvalue weighted by Crippen LogP contribution is 2.32. The molecule has 4 nitrogen and oxygen atoms in total. The molecule has 2 aromatic rings. The fraction of sp³-hybridized carbons (Fsp3) is 0.308. The SMILES string of the molecule is Cc1nn(C(C)C)c(Oc2ccc(F)c(F)c2)c1N. The van der Waals surface area contributed by atoms with Crippen LogP contribution in [0.4, 0.5) is 14.5 Å². The van der Waals surface area contributed by atoms with Gasteiger partial charge in [0.25, 0.3) is 0 Å².